The number of pyridine rings is 1. The van der Waals surface area contributed by atoms with Gasteiger partial charge in [0.15, 0.2) is 5.82 Å². The molecule has 1 fully saturated rings. The van der Waals surface area contributed by atoms with E-state index in [9.17, 15) is 0 Å². The van der Waals surface area contributed by atoms with Crippen LogP contribution in [-0.2, 0) is 13.0 Å². The first kappa shape index (κ1) is 17.0. The zero-order valence-corrected chi connectivity index (χ0v) is 14.9. The second-order valence-electron chi connectivity index (χ2n) is 6.97. The summed E-state index contributed by atoms with van der Waals surface area (Å²) in [5.74, 6) is 1.80. The van der Waals surface area contributed by atoms with Gasteiger partial charge in [-0.05, 0) is 44.1 Å². The van der Waals surface area contributed by atoms with Crippen LogP contribution in [0, 0.1) is 0 Å². The largest absolute Gasteiger partial charge is 0.339 e. The van der Waals surface area contributed by atoms with Crippen molar-refractivity contribution in [1.82, 2.24) is 24.9 Å². The van der Waals surface area contributed by atoms with Gasteiger partial charge in [-0.3, -0.25) is 9.88 Å². The molecule has 24 heavy (non-hydrogen) atoms. The molecule has 1 aliphatic heterocycles. The van der Waals surface area contributed by atoms with Crippen molar-refractivity contribution < 1.29 is 4.52 Å². The predicted molar refractivity (Wildman–Crippen MR) is 92.6 cm³/mol. The normalized spacial score (nSPS) is 18.8. The van der Waals surface area contributed by atoms with E-state index >= 15 is 0 Å². The molecule has 1 atom stereocenters. The van der Waals surface area contributed by atoms with Crippen molar-refractivity contribution in [3.63, 3.8) is 0 Å². The summed E-state index contributed by atoms with van der Waals surface area (Å²) >= 11 is 0. The van der Waals surface area contributed by atoms with Gasteiger partial charge in [0.05, 0.1) is 6.54 Å². The van der Waals surface area contributed by atoms with E-state index in [4.69, 9.17) is 4.52 Å². The number of aromatic nitrogens is 3. The zero-order valence-electron chi connectivity index (χ0n) is 14.9. The van der Waals surface area contributed by atoms with Crippen LogP contribution in [0.3, 0.4) is 0 Å². The van der Waals surface area contributed by atoms with E-state index in [0.29, 0.717) is 6.04 Å². The summed E-state index contributed by atoms with van der Waals surface area (Å²) in [7, 11) is 2.16. The lowest BCUT2D eigenvalue weighted by atomic mass is 10.2. The van der Waals surface area contributed by atoms with Crippen molar-refractivity contribution in [2.24, 2.45) is 0 Å². The van der Waals surface area contributed by atoms with Crippen LogP contribution in [0.1, 0.15) is 43.5 Å². The molecule has 0 aromatic carbocycles. The van der Waals surface area contributed by atoms with Crippen LogP contribution in [0.5, 0.6) is 0 Å². The molecule has 0 saturated carbocycles. The van der Waals surface area contributed by atoms with Crippen LogP contribution in [0.25, 0.3) is 0 Å². The summed E-state index contributed by atoms with van der Waals surface area (Å²) in [5.41, 5.74) is 1.36. The average Bonchev–Trinajstić information content (AvgIpc) is 3.23. The Balaban J connectivity index is 1.45. The maximum atomic E-state index is 5.29. The Kier molecular flexibility index (Phi) is 5.58. The number of nitrogens with zero attached hydrogens (tertiary/aromatic N) is 5. The molecule has 3 heterocycles. The Bertz CT molecular complexity index is 627. The van der Waals surface area contributed by atoms with Gasteiger partial charge in [-0.2, -0.15) is 4.98 Å². The lowest BCUT2D eigenvalue weighted by Crippen LogP contribution is -2.34. The van der Waals surface area contributed by atoms with E-state index in [1.807, 2.05) is 12.4 Å². The van der Waals surface area contributed by atoms with Crippen LogP contribution < -0.4 is 0 Å². The first-order chi connectivity index (χ1) is 11.6. The number of likely N-dealkylation sites (N-methyl/N-ethyl adjacent to an activating group) is 1. The second-order valence-corrected chi connectivity index (χ2v) is 6.97. The van der Waals surface area contributed by atoms with Gasteiger partial charge in [0.25, 0.3) is 0 Å². The number of likely N-dealkylation sites (tertiary alicyclic amines) is 1. The maximum Gasteiger partial charge on any atom is 0.229 e. The van der Waals surface area contributed by atoms with Crippen molar-refractivity contribution >= 4 is 0 Å². The van der Waals surface area contributed by atoms with Gasteiger partial charge in [-0.25, -0.2) is 0 Å². The van der Waals surface area contributed by atoms with Gasteiger partial charge >= 0.3 is 0 Å². The van der Waals surface area contributed by atoms with E-state index in [1.165, 1.54) is 12.0 Å². The number of rotatable bonds is 7. The third kappa shape index (κ3) is 4.39. The van der Waals surface area contributed by atoms with Gasteiger partial charge in [-0.15, -0.1) is 0 Å². The third-order valence-corrected chi connectivity index (χ3v) is 4.71. The summed E-state index contributed by atoms with van der Waals surface area (Å²) in [4.78, 5) is 13.4. The molecule has 0 spiro atoms. The molecule has 6 nitrogen and oxygen atoms in total. The smallest absolute Gasteiger partial charge is 0.229 e. The van der Waals surface area contributed by atoms with Crippen LogP contribution >= 0.6 is 0 Å². The fraction of sp³-hybridized carbons (Fsp3) is 0.611. The molecule has 6 heteroatoms. The monoisotopic (exact) mass is 329 g/mol. The van der Waals surface area contributed by atoms with Crippen molar-refractivity contribution in [2.45, 2.75) is 45.2 Å². The van der Waals surface area contributed by atoms with Crippen LogP contribution in [-0.4, -0.2) is 57.6 Å². The summed E-state index contributed by atoms with van der Waals surface area (Å²) in [6.07, 6.45) is 6.02. The zero-order chi connectivity index (χ0) is 16.9. The molecular formula is C18H27N5O. The third-order valence-electron chi connectivity index (χ3n) is 4.71. The minimum Gasteiger partial charge on any atom is -0.339 e. The van der Waals surface area contributed by atoms with Gasteiger partial charge < -0.3 is 9.42 Å². The van der Waals surface area contributed by atoms with E-state index < -0.39 is 0 Å². The highest BCUT2D eigenvalue weighted by atomic mass is 16.5. The van der Waals surface area contributed by atoms with E-state index in [0.717, 1.165) is 44.3 Å². The summed E-state index contributed by atoms with van der Waals surface area (Å²) in [6.45, 7) is 8.25. The Labute approximate surface area is 143 Å². The van der Waals surface area contributed by atoms with Gasteiger partial charge in [-0.1, -0.05) is 19.0 Å². The molecule has 1 aliphatic rings. The number of hydrogen-bond acceptors (Lipinski definition) is 6. The molecule has 130 valence electrons. The highest BCUT2D eigenvalue weighted by molar-refractivity contribution is 5.10. The summed E-state index contributed by atoms with van der Waals surface area (Å²) in [6, 6.07) is 4.76. The van der Waals surface area contributed by atoms with E-state index in [1.54, 1.807) is 0 Å². The van der Waals surface area contributed by atoms with E-state index in [-0.39, 0.29) is 5.92 Å². The van der Waals surface area contributed by atoms with Crippen molar-refractivity contribution in [1.29, 1.82) is 0 Å². The topological polar surface area (TPSA) is 58.3 Å². The number of hydrogen-bond donors (Lipinski definition) is 0. The molecular weight excluding hydrogens is 302 g/mol. The van der Waals surface area contributed by atoms with Gasteiger partial charge in [0.2, 0.25) is 5.89 Å². The minimum absolute atomic E-state index is 0.284. The molecule has 1 saturated heterocycles. The Morgan fingerprint density at radius 2 is 2.12 bits per heavy atom. The Morgan fingerprint density at radius 1 is 1.33 bits per heavy atom. The van der Waals surface area contributed by atoms with E-state index in [2.05, 4.69) is 58.0 Å². The fourth-order valence-electron chi connectivity index (χ4n) is 3.13. The maximum absolute atomic E-state index is 5.29. The highest BCUT2D eigenvalue weighted by Crippen LogP contribution is 2.17. The Hall–Kier alpha value is -1.79. The van der Waals surface area contributed by atoms with Crippen molar-refractivity contribution in [3.05, 3.63) is 41.8 Å². The molecule has 0 unspecified atom stereocenters. The molecule has 0 radical (unpaired) electrons. The Morgan fingerprint density at radius 3 is 2.83 bits per heavy atom. The first-order valence-electron chi connectivity index (χ1n) is 8.76. The minimum atomic E-state index is 0.284. The van der Waals surface area contributed by atoms with Gasteiger partial charge in [0, 0.05) is 37.4 Å². The molecule has 2 aromatic rings. The highest BCUT2D eigenvalue weighted by Gasteiger charge is 2.26. The quantitative estimate of drug-likeness (QED) is 0.777. The summed E-state index contributed by atoms with van der Waals surface area (Å²) < 4.78 is 5.29. The molecule has 0 N–H and O–H groups in total. The first-order valence-corrected chi connectivity index (χ1v) is 8.76. The van der Waals surface area contributed by atoms with Crippen molar-refractivity contribution in [2.75, 3.05) is 26.7 Å². The SMILES string of the molecule is CC(C)c1nc(CN(C)[C@H]2CCN(CCc3ccncc3)C2)no1. The van der Waals surface area contributed by atoms with Crippen molar-refractivity contribution in [3.8, 4) is 0 Å². The molecule has 0 amide bonds. The molecule has 0 aliphatic carbocycles. The lowest BCUT2D eigenvalue weighted by molar-refractivity contribution is 0.218. The average molecular weight is 329 g/mol. The molecule has 3 rings (SSSR count). The predicted octanol–water partition coefficient (Wildman–Crippen LogP) is 2.34. The van der Waals surface area contributed by atoms with Crippen LogP contribution in [0.4, 0.5) is 0 Å². The fourth-order valence-corrected chi connectivity index (χ4v) is 3.13. The van der Waals surface area contributed by atoms with Crippen LogP contribution in [0.2, 0.25) is 0 Å². The standard InChI is InChI=1S/C18H27N5O/c1-14(2)18-20-17(21-24-18)13-22(3)16-7-11-23(12-16)10-6-15-4-8-19-9-5-15/h4-5,8-9,14,16H,6-7,10-13H2,1-3H3/t16-/m0/s1. The van der Waals surface area contributed by atoms with Gasteiger partial charge in [0.1, 0.15) is 0 Å². The lowest BCUT2D eigenvalue weighted by Gasteiger charge is -2.23. The van der Waals surface area contributed by atoms with Crippen LogP contribution in [0.15, 0.2) is 29.0 Å². The second kappa shape index (κ2) is 7.85. The molecule has 0 bridgehead atoms. The molecule has 2 aromatic heterocycles. The summed E-state index contributed by atoms with van der Waals surface area (Å²) in [5, 5.41) is 4.10.